The third-order valence-electron chi connectivity index (χ3n) is 4.99. The molecular weight excluding hydrogens is 405 g/mol. The maximum Gasteiger partial charge on any atom is 0.183 e. The number of nitrogens with zero attached hydrogens (tertiary/aromatic N) is 5. The fraction of sp³-hybridized carbons (Fsp3) is 0.0952. The van der Waals surface area contributed by atoms with E-state index in [1.807, 2.05) is 25.1 Å². The Hall–Kier alpha value is -3.65. The van der Waals surface area contributed by atoms with Crippen molar-refractivity contribution in [1.82, 2.24) is 29.9 Å². The summed E-state index contributed by atoms with van der Waals surface area (Å²) in [4.78, 5) is 24.8. The molecule has 1 atom stereocenters. The van der Waals surface area contributed by atoms with Crippen molar-refractivity contribution < 1.29 is 4.39 Å². The summed E-state index contributed by atoms with van der Waals surface area (Å²) >= 11 is 6.37. The Kier molecular flexibility index (Phi) is 4.29. The van der Waals surface area contributed by atoms with E-state index < -0.39 is 5.82 Å². The van der Waals surface area contributed by atoms with E-state index in [1.54, 1.807) is 12.3 Å². The summed E-state index contributed by atoms with van der Waals surface area (Å²) in [6, 6.07) is 8.90. The van der Waals surface area contributed by atoms with Crippen LogP contribution >= 0.6 is 11.6 Å². The second-order valence-corrected chi connectivity index (χ2v) is 7.33. The van der Waals surface area contributed by atoms with Crippen LogP contribution in [0.5, 0.6) is 0 Å². The molecule has 0 amide bonds. The zero-order valence-electron chi connectivity index (χ0n) is 15.8. The predicted octanol–water partition coefficient (Wildman–Crippen LogP) is 4.49. The number of pyridine rings is 2. The summed E-state index contributed by atoms with van der Waals surface area (Å²) in [7, 11) is 0. The Morgan fingerprint density at radius 1 is 1.13 bits per heavy atom. The van der Waals surface area contributed by atoms with Gasteiger partial charge in [-0.3, -0.25) is 4.98 Å². The first kappa shape index (κ1) is 18.4. The molecule has 5 aromatic rings. The van der Waals surface area contributed by atoms with E-state index in [4.69, 9.17) is 22.3 Å². The molecule has 0 radical (unpaired) electrons. The second kappa shape index (κ2) is 7.00. The van der Waals surface area contributed by atoms with Gasteiger partial charge in [0, 0.05) is 23.1 Å². The van der Waals surface area contributed by atoms with Crippen LogP contribution in [0.2, 0.25) is 5.02 Å². The number of nitrogens with two attached hydrogens (primary N) is 1. The number of para-hydroxylation sites is 1. The molecule has 7 nitrogen and oxygen atoms in total. The lowest BCUT2D eigenvalue weighted by molar-refractivity contribution is 0.622. The number of benzene rings is 1. The molecule has 0 saturated heterocycles. The van der Waals surface area contributed by atoms with Crippen molar-refractivity contribution in [3.05, 3.63) is 71.3 Å². The van der Waals surface area contributed by atoms with Crippen LogP contribution in [0.1, 0.15) is 24.2 Å². The van der Waals surface area contributed by atoms with Crippen molar-refractivity contribution >= 4 is 39.5 Å². The number of rotatable bonds is 3. The highest BCUT2D eigenvalue weighted by Gasteiger charge is 2.21. The molecule has 4 aromatic heterocycles. The number of fused-ring (bicyclic) bond motifs is 2. The lowest BCUT2D eigenvalue weighted by Crippen LogP contribution is -2.08. The minimum atomic E-state index is -0.453. The molecule has 30 heavy (non-hydrogen) atoms. The van der Waals surface area contributed by atoms with E-state index in [-0.39, 0.29) is 5.92 Å². The van der Waals surface area contributed by atoms with Crippen LogP contribution < -0.4 is 5.73 Å². The van der Waals surface area contributed by atoms with Crippen LogP contribution in [0.25, 0.3) is 33.3 Å². The van der Waals surface area contributed by atoms with E-state index in [0.29, 0.717) is 44.6 Å². The molecule has 9 heteroatoms. The standard InChI is InChI=1S/C21H15ClFN7/c1-10(20-29-19(24)18-21(30-20)27-9-26-18)14-6-11-3-2-4-15(22)17(11)28-16(14)12-5-13(23)8-25-7-12/h2-10H,1H3,(H3,24,26,27,29,30)/t10-/m0/s1. The van der Waals surface area contributed by atoms with Crippen molar-refractivity contribution in [1.29, 1.82) is 0 Å². The minimum absolute atomic E-state index is 0.303. The number of nitrogens with one attached hydrogen (secondary N) is 1. The van der Waals surface area contributed by atoms with Crippen molar-refractivity contribution in [2.24, 2.45) is 0 Å². The number of imidazole rings is 1. The van der Waals surface area contributed by atoms with Gasteiger partial charge < -0.3 is 10.7 Å². The summed E-state index contributed by atoms with van der Waals surface area (Å²) in [5.41, 5.74) is 9.66. The average Bonchev–Trinajstić information content (AvgIpc) is 3.22. The van der Waals surface area contributed by atoms with E-state index in [1.165, 1.54) is 12.4 Å². The Bertz CT molecular complexity index is 1420. The van der Waals surface area contributed by atoms with Gasteiger partial charge in [0.2, 0.25) is 0 Å². The van der Waals surface area contributed by atoms with Gasteiger partial charge in [0.05, 0.1) is 28.8 Å². The minimum Gasteiger partial charge on any atom is -0.382 e. The molecule has 0 bridgehead atoms. The summed E-state index contributed by atoms with van der Waals surface area (Å²) < 4.78 is 13.9. The summed E-state index contributed by atoms with van der Waals surface area (Å²) in [6.45, 7) is 1.94. The average molecular weight is 420 g/mol. The molecule has 5 rings (SSSR count). The van der Waals surface area contributed by atoms with Gasteiger partial charge in [-0.1, -0.05) is 30.7 Å². The number of hydrogen-bond donors (Lipinski definition) is 2. The monoisotopic (exact) mass is 419 g/mol. The lowest BCUT2D eigenvalue weighted by Gasteiger charge is -2.17. The smallest absolute Gasteiger partial charge is 0.183 e. The number of aromatic amines is 1. The summed E-state index contributed by atoms with van der Waals surface area (Å²) in [5.74, 6) is 0.0409. The van der Waals surface area contributed by atoms with Crippen LogP contribution in [0.4, 0.5) is 10.2 Å². The SMILES string of the molecule is C[C@H](c1nc(N)c2[nH]cnc2n1)c1cc2cccc(Cl)c2nc1-c1cncc(F)c1. The molecule has 4 heterocycles. The largest absolute Gasteiger partial charge is 0.382 e. The van der Waals surface area contributed by atoms with Crippen molar-refractivity contribution in [3.8, 4) is 11.3 Å². The van der Waals surface area contributed by atoms with E-state index in [2.05, 4.69) is 24.9 Å². The van der Waals surface area contributed by atoms with Gasteiger partial charge >= 0.3 is 0 Å². The number of aromatic nitrogens is 6. The predicted molar refractivity (Wildman–Crippen MR) is 114 cm³/mol. The molecule has 0 fully saturated rings. The quantitative estimate of drug-likeness (QED) is 0.446. The molecular formula is C21H15ClFN7. The Morgan fingerprint density at radius 3 is 2.83 bits per heavy atom. The first-order valence-corrected chi connectivity index (χ1v) is 9.55. The van der Waals surface area contributed by atoms with Crippen molar-refractivity contribution in [2.75, 3.05) is 5.73 Å². The van der Waals surface area contributed by atoms with Gasteiger partial charge in [0.25, 0.3) is 0 Å². The molecule has 3 N–H and O–H groups in total. The summed E-state index contributed by atoms with van der Waals surface area (Å²) in [5, 5.41) is 1.36. The van der Waals surface area contributed by atoms with Crippen LogP contribution in [0.3, 0.4) is 0 Å². The maximum absolute atomic E-state index is 13.9. The van der Waals surface area contributed by atoms with Gasteiger partial charge in [-0.25, -0.2) is 24.3 Å². The number of H-pyrrole nitrogens is 1. The molecule has 0 aliphatic carbocycles. The Balaban J connectivity index is 1.76. The van der Waals surface area contributed by atoms with E-state index in [9.17, 15) is 4.39 Å². The van der Waals surface area contributed by atoms with Crippen molar-refractivity contribution in [3.63, 3.8) is 0 Å². The Labute approximate surface area is 175 Å². The van der Waals surface area contributed by atoms with Crippen LogP contribution in [-0.2, 0) is 0 Å². The highest BCUT2D eigenvalue weighted by molar-refractivity contribution is 6.35. The van der Waals surface area contributed by atoms with Gasteiger partial charge in [-0.2, -0.15) is 0 Å². The topological polar surface area (TPSA) is 106 Å². The first-order chi connectivity index (χ1) is 14.5. The zero-order chi connectivity index (χ0) is 20.8. The fourth-order valence-electron chi connectivity index (χ4n) is 3.49. The molecule has 0 aliphatic rings. The van der Waals surface area contributed by atoms with Gasteiger partial charge in [0.1, 0.15) is 17.2 Å². The third kappa shape index (κ3) is 3.02. The number of halogens is 2. The molecule has 0 unspecified atom stereocenters. The highest BCUT2D eigenvalue weighted by atomic mass is 35.5. The van der Waals surface area contributed by atoms with Crippen LogP contribution in [0.15, 0.2) is 49.1 Å². The van der Waals surface area contributed by atoms with Crippen LogP contribution in [-0.4, -0.2) is 29.9 Å². The second-order valence-electron chi connectivity index (χ2n) is 6.92. The number of nitrogen functional groups attached to an aromatic ring is 1. The highest BCUT2D eigenvalue weighted by Crippen LogP contribution is 2.35. The fourth-order valence-corrected chi connectivity index (χ4v) is 3.71. The van der Waals surface area contributed by atoms with Gasteiger partial charge in [0.15, 0.2) is 11.5 Å². The Morgan fingerprint density at radius 2 is 2.00 bits per heavy atom. The third-order valence-corrected chi connectivity index (χ3v) is 5.29. The van der Waals surface area contributed by atoms with Gasteiger partial charge in [-0.05, 0) is 23.8 Å². The van der Waals surface area contributed by atoms with Crippen LogP contribution in [0, 0.1) is 5.82 Å². The number of hydrogen-bond acceptors (Lipinski definition) is 6. The summed E-state index contributed by atoms with van der Waals surface area (Å²) in [6.07, 6.45) is 4.24. The van der Waals surface area contributed by atoms with Gasteiger partial charge in [-0.15, -0.1) is 0 Å². The number of anilines is 1. The molecule has 1 aromatic carbocycles. The van der Waals surface area contributed by atoms with Crippen molar-refractivity contribution in [2.45, 2.75) is 12.8 Å². The maximum atomic E-state index is 13.9. The molecule has 0 spiro atoms. The van der Waals surface area contributed by atoms with E-state index >= 15 is 0 Å². The zero-order valence-corrected chi connectivity index (χ0v) is 16.5. The van der Waals surface area contributed by atoms with E-state index in [0.717, 1.165) is 17.1 Å². The molecule has 0 aliphatic heterocycles. The molecule has 0 saturated carbocycles. The normalized spacial score (nSPS) is 12.5. The first-order valence-electron chi connectivity index (χ1n) is 9.18. The molecule has 148 valence electrons. The lowest BCUT2D eigenvalue weighted by atomic mass is 9.94.